The number of halogens is 2. The molecule has 1 saturated carbocycles. The van der Waals surface area contributed by atoms with Crippen LogP contribution >= 0.6 is 11.8 Å². The Morgan fingerprint density at radius 1 is 1.11 bits per heavy atom. The summed E-state index contributed by atoms with van der Waals surface area (Å²) in [5, 5.41) is 20.4. The Bertz CT molecular complexity index is 1390. The van der Waals surface area contributed by atoms with Crippen LogP contribution in [0.5, 0.6) is 0 Å². The summed E-state index contributed by atoms with van der Waals surface area (Å²) < 4.78 is 30.1. The zero-order chi connectivity index (χ0) is 33.0. The van der Waals surface area contributed by atoms with E-state index in [4.69, 9.17) is 9.98 Å². The van der Waals surface area contributed by atoms with Gasteiger partial charge in [0, 0.05) is 40.6 Å². The van der Waals surface area contributed by atoms with E-state index in [1.807, 2.05) is 26.0 Å². The number of aromatic amines is 1. The number of nitrogens with zero attached hydrogens (tertiary/aromatic N) is 4. The highest BCUT2D eigenvalue weighted by Gasteiger charge is 2.34. The second-order valence-corrected chi connectivity index (χ2v) is 11.8. The first kappa shape index (κ1) is 36.9. The molecule has 44 heavy (non-hydrogen) atoms. The molecule has 0 amide bonds. The van der Waals surface area contributed by atoms with Gasteiger partial charge in [0.1, 0.15) is 17.3 Å². The Morgan fingerprint density at radius 2 is 1.73 bits per heavy atom. The van der Waals surface area contributed by atoms with Gasteiger partial charge in [0.05, 0.1) is 12.3 Å². The standard InChI is InChI=1S/C30H40F2N6OS.C4H10/c1-9-17(3)27(25(10-2)33-19(5)16-39)28(21-11-12-21)30(35-26-13-18(4)36-37-26)34-20(6)38(7)29-23(31)14-22(40-8)15-24(29)32;1-3-4-2/h10,13-15,21,39H,9,11-12,16H2,1-8H3,(H2,35,36,37);3-4H2,1-2H3/b25-10-,27-17+,30-28+,33-19?,34-20+;. The van der Waals surface area contributed by atoms with E-state index >= 15 is 8.78 Å². The molecule has 3 rings (SSSR count). The number of hydrogen-bond acceptors (Lipinski definition) is 6. The second-order valence-electron chi connectivity index (χ2n) is 10.9. The average Bonchev–Trinajstić information content (AvgIpc) is 3.77. The van der Waals surface area contributed by atoms with Crippen molar-refractivity contribution in [3.8, 4) is 0 Å². The number of aryl methyl sites for hydroxylation is 1. The molecule has 0 atom stereocenters. The highest BCUT2D eigenvalue weighted by atomic mass is 32.2. The van der Waals surface area contributed by atoms with Crippen LogP contribution < -0.4 is 10.2 Å². The largest absolute Gasteiger partial charge is 0.390 e. The quantitative estimate of drug-likeness (QED) is 0.0944. The number of rotatable bonds is 12. The molecule has 1 aliphatic carbocycles. The molecule has 0 aliphatic heterocycles. The number of allylic oxidation sites excluding steroid dienone is 3. The molecule has 3 N–H and O–H groups in total. The van der Waals surface area contributed by atoms with Crippen LogP contribution in [0.2, 0.25) is 0 Å². The lowest BCUT2D eigenvalue weighted by molar-refractivity contribution is 0.356. The number of anilines is 2. The van der Waals surface area contributed by atoms with Gasteiger partial charge in [0.2, 0.25) is 0 Å². The van der Waals surface area contributed by atoms with Crippen molar-refractivity contribution in [2.75, 3.05) is 30.1 Å². The van der Waals surface area contributed by atoms with Crippen molar-refractivity contribution in [1.29, 1.82) is 0 Å². The molecule has 1 aromatic carbocycles. The zero-order valence-electron chi connectivity index (χ0n) is 28.0. The molecular formula is C34H50F2N6OS. The zero-order valence-corrected chi connectivity index (χ0v) is 28.8. The van der Waals surface area contributed by atoms with E-state index in [2.05, 4.69) is 43.2 Å². The van der Waals surface area contributed by atoms with E-state index < -0.39 is 11.6 Å². The van der Waals surface area contributed by atoms with Crippen LogP contribution in [0, 0.1) is 24.5 Å². The molecule has 0 spiro atoms. The van der Waals surface area contributed by atoms with Crippen molar-refractivity contribution < 1.29 is 13.9 Å². The van der Waals surface area contributed by atoms with Crippen molar-refractivity contribution in [3.63, 3.8) is 0 Å². The fourth-order valence-electron chi connectivity index (χ4n) is 4.29. The normalized spacial score (nSPS) is 15.3. The number of nitrogens with one attached hydrogen (secondary N) is 2. The fraction of sp³-hybridized carbons (Fsp3) is 0.500. The van der Waals surface area contributed by atoms with Gasteiger partial charge in [-0.05, 0) is 78.2 Å². The number of H-pyrrole nitrogens is 1. The van der Waals surface area contributed by atoms with Crippen molar-refractivity contribution in [3.05, 3.63) is 69.8 Å². The summed E-state index contributed by atoms with van der Waals surface area (Å²) >= 11 is 1.28. The summed E-state index contributed by atoms with van der Waals surface area (Å²) in [6.07, 6.45) is 9.09. The van der Waals surface area contributed by atoms with Crippen LogP contribution in [-0.2, 0) is 0 Å². The van der Waals surface area contributed by atoms with Crippen LogP contribution in [-0.4, -0.2) is 46.8 Å². The summed E-state index contributed by atoms with van der Waals surface area (Å²) in [6, 6.07) is 4.53. The minimum absolute atomic E-state index is 0.148. The number of aromatic nitrogens is 2. The van der Waals surface area contributed by atoms with Crippen molar-refractivity contribution >= 4 is 34.8 Å². The van der Waals surface area contributed by atoms with Gasteiger partial charge in [0.25, 0.3) is 0 Å². The lowest BCUT2D eigenvalue weighted by atomic mass is 9.92. The smallest absolute Gasteiger partial charge is 0.153 e. The Labute approximate surface area is 266 Å². The monoisotopic (exact) mass is 628 g/mol. The summed E-state index contributed by atoms with van der Waals surface area (Å²) in [5.41, 5.74) is 5.10. The predicted octanol–water partition coefficient (Wildman–Crippen LogP) is 9.20. The first-order chi connectivity index (χ1) is 20.9. The topological polar surface area (TPSA) is 88.9 Å². The van der Waals surface area contributed by atoms with Crippen LogP contribution in [0.1, 0.15) is 86.3 Å². The second kappa shape index (κ2) is 17.9. The molecule has 7 nitrogen and oxygen atoms in total. The number of thioether (sulfide) groups is 1. The third-order valence-corrected chi connectivity index (χ3v) is 8.02. The number of aliphatic hydroxyl groups is 1. The average molecular weight is 629 g/mol. The molecule has 2 aromatic rings. The molecule has 10 heteroatoms. The SMILES string of the molecule is C/C=C(N=C(C)CO)/C(=C(/C)CC)C(=C(\N=C(/C)N(C)c1c(F)cc(SC)cc1F)Nc1cc(C)[nH]n1)/C1CC1.CCCC. The Kier molecular flexibility index (Phi) is 15.0. The minimum atomic E-state index is -0.655. The van der Waals surface area contributed by atoms with Gasteiger partial charge in [-0.2, -0.15) is 5.10 Å². The first-order valence-corrected chi connectivity index (χ1v) is 16.5. The van der Waals surface area contributed by atoms with Gasteiger partial charge in [-0.25, -0.2) is 13.8 Å². The lowest BCUT2D eigenvalue weighted by Crippen LogP contribution is -2.26. The Balaban J connectivity index is 0.00000159. The van der Waals surface area contributed by atoms with Crippen molar-refractivity contribution in [2.45, 2.75) is 92.4 Å². The Hall–Kier alpha value is -3.24. The number of aliphatic hydroxyl groups excluding tert-OH is 1. The number of amidine groups is 1. The Morgan fingerprint density at radius 3 is 2.16 bits per heavy atom. The maximum Gasteiger partial charge on any atom is 0.153 e. The van der Waals surface area contributed by atoms with Crippen molar-refractivity contribution in [2.24, 2.45) is 15.9 Å². The lowest BCUT2D eigenvalue weighted by Gasteiger charge is -2.23. The molecule has 0 unspecified atom stereocenters. The molecule has 1 heterocycles. The number of hydrogen-bond donors (Lipinski definition) is 3. The minimum Gasteiger partial charge on any atom is -0.390 e. The van der Waals surface area contributed by atoms with Gasteiger partial charge in [-0.15, -0.1) is 11.8 Å². The van der Waals surface area contributed by atoms with Crippen LogP contribution in [0.15, 0.2) is 67.4 Å². The van der Waals surface area contributed by atoms with Gasteiger partial charge in [-0.1, -0.05) is 45.3 Å². The van der Waals surface area contributed by atoms with E-state index in [-0.39, 0.29) is 18.2 Å². The van der Waals surface area contributed by atoms with Gasteiger partial charge in [-0.3, -0.25) is 10.1 Å². The van der Waals surface area contributed by atoms with E-state index in [1.165, 1.54) is 41.6 Å². The molecule has 242 valence electrons. The highest BCUT2D eigenvalue weighted by Crippen LogP contribution is 2.45. The molecule has 0 saturated heterocycles. The summed E-state index contributed by atoms with van der Waals surface area (Å²) in [7, 11) is 1.60. The summed E-state index contributed by atoms with van der Waals surface area (Å²) in [4.78, 5) is 11.6. The molecule has 0 radical (unpaired) electrons. The predicted molar refractivity (Wildman–Crippen MR) is 184 cm³/mol. The fourth-order valence-corrected chi connectivity index (χ4v) is 4.74. The van der Waals surface area contributed by atoms with Crippen molar-refractivity contribution in [1.82, 2.24) is 10.2 Å². The maximum absolute atomic E-state index is 15.0. The molecule has 1 aromatic heterocycles. The van der Waals surface area contributed by atoms with Gasteiger partial charge >= 0.3 is 0 Å². The molecule has 1 fully saturated rings. The third-order valence-electron chi connectivity index (χ3n) is 7.31. The molecular weight excluding hydrogens is 578 g/mol. The van der Waals surface area contributed by atoms with E-state index in [0.717, 1.165) is 47.4 Å². The van der Waals surface area contributed by atoms with E-state index in [0.29, 0.717) is 28.1 Å². The number of unbranched alkanes of at least 4 members (excludes halogenated alkanes) is 1. The number of benzene rings is 1. The first-order valence-electron chi connectivity index (χ1n) is 15.3. The van der Waals surface area contributed by atoms with Gasteiger partial charge < -0.3 is 15.3 Å². The van der Waals surface area contributed by atoms with E-state index in [9.17, 15) is 5.11 Å². The van der Waals surface area contributed by atoms with Crippen LogP contribution in [0.25, 0.3) is 0 Å². The third kappa shape index (κ3) is 10.2. The summed E-state index contributed by atoms with van der Waals surface area (Å²) in [5.74, 6) is 0.425. The van der Waals surface area contributed by atoms with Gasteiger partial charge in [0.15, 0.2) is 17.5 Å². The van der Waals surface area contributed by atoms with E-state index in [1.54, 1.807) is 27.2 Å². The maximum atomic E-state index is 15.0. The van der Waals surface area contributed by atoms with Crippen LogP contribution in [0.3, 0.4) is 0 Å². The molecule has 0 bridgehead atoms. The molecule has 1 aliphatic rings. The van der Waals surface area contributed by atoms with Crippen LogP contribution in [0.4, 0.5) is 20.3 Å². The number of aliphatic imine (C=N–C) groups is 2. The highest BCUT2D eigenvalue weighted by molar-refractivity contribution is 7.98. The summed E-state index contributed by atoms with van der Waals surface area (Å²) in [6.45, 7) is 15.7.